The Morgan fingerprint density at radius 1 is 1.48 bits per heavy atom. The van der Waals surface area contributed by atoms with Crippen LogP contribution in [0.2, 0.25) is 0 Å². The second kappa shape index (κ2) is 7.52. The van der Waals surface area contributed by atoms with Crippen LogP contribution in [0.15, 0.2) is 24.3 Å². The maximum Gasteiger partial charge on any atom is 0.216 e. The van der Waals surface area contributed by atoms with Crippen LogP contribution < -0.4 is 5.32 Å². The predicted molar refractivity (Wildman–Crippen MR) is 79.2 cm³/mol. The van der Waals surface area contributed by atoms with Crippen LogP contribution in [-0.4, -0.2) is 42.1 Å². The van der Waals surface area contributed by atoms with E-state index in [0.29, 0.717) is 19.0 Å². The van der Waals surface area contributed by atoms with Crippen LogP contribution in [0.5, 0.6) is 0 Å². The molecule has 0 radical (unpaired) electrons. The molecule has 5 heteroatoms. The Balaban J connectivity index is 1.84. The number of nitrogens with one attached hydrogen (secondary N) is 1. The number of benzene rings is 1. The molecule has 4 nitrogen and oxygen atoms in total. The summed E-state index contributed by atoms with van der Waals surface area (Å²) in [5, 5.41) is 13.1. The highest BCUT2D eigenvalue weighted by Gasteiger charge is 2.22. The van der Waals surface area contributed by atoms with Gasteiger partial charge in [-0.05, 0) is 43.0 Å². The summed E-state index contributed by atoms with van der Waals surface area (Å²) in [4.78, 5) is 13.2. The van der Waals surface area contributed by atoms with E-state index in [1.807, 2.05) is 0 Å². The minimum absolute atomic E-state index is 0.00142. The lowest BCUT2D eigenvalue weighted by atomic mass is 9.97. The quantitative estimate of drug-likeness (QED) is 0.869. The van der Waals surface area contributed by atoms with Crippen molar-refractivity contribution in [3.63, 3.8) is 0 Å². The summed E-state index contributed by atoms with van der Waals surface area (Å²) in [5.41, 5.74) is 0.736. The van der Waals surface area contributed by atoms with E-state index in [1.54, 1.807) is 12.1 Å². The summed E-state index contributed by atoms with van der Waals surface area (Å²) in [5.74, 6) is 0.140. The molecule has 1 aromatic carbocycles. The molecule has 0 bridgehead atoms. The van der Waals surface area contributed by atoms with E-state index in [0.717, 1.165) is 31.5 Å². The first-order valence-corrected chi connectivity index (χ1v) is 7.45. The standard InChI is InChI=1S/C16H23FN2O2/c1-12(20)18-9-13-3-2-8-19(10-13)11-16(21)14-4-6-15(17)7-5-14/h4-7,13,16,21H,2-3,8-11H2,1H3,(H,18,20). The molecule has 1 heterocycles. The Kier molecular flexibility index (Phi) is 5.70. The van der Waals surface area contributed by atoms with Gasteiger partial charge in [-0.3, -0.25) is 4.79 Å². The summed E-state index contributed by atoms with van der Waals surface area (Å²) < 4.78 is 12.9. The van der Waals surface area contributed by atoms with Gasteiger partial charge in [-0.25, -0.2) is 4.39 Å². The van der Waals surface area contributed by atoms with Gasteiger partial charge < -0.3 is 15.3 Å². The van der Waals surface area contributed by atoms with Gasteiger partial charge in [0.05, 0.1) is 6.10 Å². The molecule has 116 valence electrons. The predicted octanol–water partition coefficient (Wildman–Crippen LogP) is 1.71. The fourth-order valence-corrected chi connectivity index (χ4v) is 2.81. The van der Waals surface area contributed by atoms with E-state index in [4.69, 9.17) is 0 Å². The number of aliphatic hydroxyl groups excluding tert-OH is 1. The van der Waals surface area contributed by atoms with Crippen molar-refractivity contribution in [1.82, 2.24) is 10.2 Å². The number of amides is 1. The largest absolute Gasteiger partial charge is 0.387 e. The zero-order valence-electron chi connectivity index (χ0n) is 12.4. The molecule has 0 aliphatic carbocycles. The second-order valence-electron chi connectivity index (χ2n) is 5.77. The van der Waals surface area contributed by atoms with Crippen LogP contribution in [0, 0.1) is 11.7 Å². The monoisotopic (exact) mass is 294 g/mol. The van der Waals surface area contributed by atoms with Gasteiger partial charge in [0, 0.05) is 26.6 Å². The average molecular weight is 294 g/mol. The number of hydrogen-bond acceptors (Lipinski definition) is 3. The molecule has 2 unspecified atom stereocenters. The van der Waals surface area contributed by atoms with Crippen molar-refractivity contribution in [3.05, 3.63) is 35.6 Å². The Bertz CT molecular complexity index is 464. The van der Waals surface area contributed by atoms with E-state index in [-0.39, 0.29) is 11.7 Å². The Morgan fingerprint density at radius 3 is 2.86 bits per heavy atom. The Hall–Kier alpha value is -1.46. The molecular formula is C16H23FN2O2. The van der Waals surface area contributed by atoms with Crippen LogP contribution >= 0.6 is 0 Å². The smallest absolute Gasteiger partial charge is 0.216 e. The van der Waals surface area contributed by atoms with Crippen molar-refractivity contribution in [2.75, 3.05) is 26.2 Å². The highest BCUT2D eigenvalue weighted by molar-refractivity contribution is 5.72. The van der Waals surface area contributed by atoms with Gasteiger partial charge in [0.2, 0.25) is 5.91 Å². The molecule has 1 aliphatic rings. The van der Waals surface area contributed by atoms with Crippen LogP contribution in [0.3, 0.4) is 0 Å². The van der Waals surface area contributed by atoms with Crippen molar-refractivity contribution < 1.29 is 14.3 Å². The third-order valence-corrected chi connectivity index (χ3v) is 3.93. The molecule has 0 saturated carbocycles. The average Bonchev–Trinajstić information content (AvgIpc) is 2.46. The lowest BCUT2D eigenvalue weighted by molar-refractivity contribution is -0.119. The summed E-state index contributed by atoms with van der Waals surface area (Å²) in [6.45, 7) is 4.59. The summed E-state index contributed by atoms with van der Waals surface area (Å²) >= 11 is 0. The fraction of sp³-hybridized carbons (Fsp3) is 0.562. The van der Waals surface area contributed by atoms with Crippen molar-refractivity contribution in [3.8, 4) is 0 Å². The normalized spacial score (nSPS) is 21.0. The third kappa shape index (κ3) is 5.10. The molecule has 0 aromatic heterocycles. The topological polar surface area (TPSA) is 52.6 Å². The highest BCUT2D eigenvalue weighted by atomic mass is 19.1. The zero-order chi connectivity index (χ0) is 15.2. The number of rotatable bonds is 5. The summed E-state index contributed by atoms with van der Waals surface area (Å²) in [6, 6.07) is 5.99. The third-order valence-electron chi connectivity index (χ3n) is 3.93. The molecule has 0 spiro atoms. The van der Waals surface area contributed by atoms with E-state index >= 15 is 0 Å². The molecule has 2 N–H and O–H groups in total. The number of piperidine rings is 1. The lowest BCUT2D eigenvalue weighted by Gasteiger charge is -2.34. The van der Waals surface area contributed by atoms with Gasteiger partial charge in [-0.1, -0.05) is 12.1 Å². The van der Waals surface area contributed by atoms with Gasteiger partial charge in [0.15, 0.2) is 0 Å². The van der Waals surface area contributed by atoms with Crippen molar-refractivity contribution in [2.45, 2.75) is 25.9 Å². The van der Waals surface area contributed by atoms with Crippen molar-refractivity contribution in [2.24, 2.45) is 5.92 Å². The van der Waals surface area contributed by atoms with Gasteiger partial charge in [0.1, 0.15) is 5.82 Å². The maximum atomic E-state index is 12.9. The molecule has 1 aromatic rings. The maximum absolute atomic E-state index is 12.9. The molecule has 1 aliphatic heterocycles. The van der Waals surface area contributed by atoms with E-state index < -0.39 is 6.10 Å². The van der Waals surface area contributed by atoms with E-state index in [9.17, 15) is 14.3 Å². The van der Waals surface area contributed by atoms with Gasteiger partial charge in [-0.2, -0.15) is 0 Å². The van der Waals surface area contributed by atoms with E-state index in [2.05, 4.69) is 10.2 Å². The van der Waals surface area contributed by atoms with Crippen LogP contribution in [0.25, 0.3) is 0 Å². The lowest BCUT2D eigenvalue weighted by Crippen LogP contribution is -2.42. The molecule has 1 saturated heterocycles. The minimum Gasteiger partial charge on any atom is -0.387 e. The van der Waals surface area contributed by atoms with Crippen molar-refractivity contribution >= 4 is 5.91 Å². The number of halogens is 1. The van der Waals surface area contributed by atoms with Crippen molar-refractivity contribution in [1.29, 1.82) is 0 Å². The summed E-state index contributed by atoms with van der Waals surface area (Å²) in [6.07, 6.45) is 1.56. The zero-order valence-corrected chi connectivity index (χ0v) is 12.4. The van der Waals surface area contributed by atoms with Gasteiger partial charge in [0.25, 0.3) is 0 Å². The minimum atomic E-state index is -0.606. The van der Waals surface area contributed by atoms with Crippen LogP contribution in [0.4, 0.5) is 4.39 Å². The van der Waals surface area contributed by atoms with Crippen LogP contribution in [-0.2, 0) is 4.79 Å². The number of aliphatic hydroxyl groups is 1. The molecule has 2 atom stereocenters. The van der Waals surface area contributed by atoms with Crippen LogP contribution in [0.1, 0.15) is 31.4 Å². The van der Waals surface area contributed by atoms with Gasteiger partial charge in [-0.15, -0.1) is 0 Å². The first-order chi connectivity index (χ1) is 10.0. The molecular weight excluding hydrogens is 271 g/mol. The number of carbonyl (C=O) groups is 1. The first kappa shape index (κ1) is 15.9. The number of β-amino-alcohol motifs (C(OH)–C–C–N with tert-alkyl or cyclic N) is 1. The number of likely N-dealkylation sites (tertiary alicyclic amines) is 1. The van der Waals surface area contributed by atoms with Gasteiger partial charge >= 0.3 is 0 Å². The Labute approximate surface area is 125 Å². The van der Waals surface area contributed by atoms with E-state index in [1.165, 1.54) is 19.1 Å². The fourth-order valence-electron chi connectivity index (χ4n) is 2.81. The molecule has 21 heavy (non-hydrogen) atoms. The first-order valence-electron chi connectivity index (χ1n) is 7.45. The molecule has 1 amide bonds. The SMILES string of the molecule is CC(=O)NCC1CCCN(CC(O)c2ccc(F)cc2)C1. The number of nitrogens with zero attached hydrogens (tertiary/aromatic N) is 1. The number of hydrogen-bond donors (Lipinski definition) is 2. The second-order valence-corrected chi connectivity index (χ2v) is 5.77. The number of carbonyl (C=O) groups excluding carboxylic acids is 1. The molecule has 1 fully saturated rings. The summed E-state index contributed by atoms with van der Waals surface area (Å²) in [7, 11) is 0. The molecule has 2 rings (SSSR count). The highest BCUT2D eigenvalue weighted by Crippen LogP contribution is 2.20. The Morgan fingerprint density at radius 2 is 2.19 bits per heavy atom.